The van der Waals surface area contributed by atoms with Crippen molar-refractivity contribution in [1.82, 2.24) is 5.01 Å². The molecular weight excluding hydrogens is 356 g/mol. The van der Waals surface area contributed by atoms with Gasteiger partial charge in [-0.05, 0) is 29.8 Å². The molecule has 0 aromatic heterocycles. The Kier molecular flexibility index (Phi) is 4.08. The lowest BCUT2D eigenvalue weighted by molar-refractivity contribution is -0.123. The Hall–Kier alpha value is -2.93. The Bertz CT molecular complexity index is 900. The number of para-hydroxylation sites is 1. The van der Waals surface area contributed by atoms with Gasteiger partial charge in [-0.2, -0.15) is 5.11 Å². The minimum absolute atomic E-state index is 0.341. The fourth-order valence-electron chi connectivity index (χ4n) is 3.14. The number of hydrogen-bond donors (Lipinski definition) is 0. The average Bonchev–Trinajstić information content (AvgIpc) is 3.17. The van der Waals surface area contributed by atoms with Crippen molar-refractivity contribution in [3.05, 3.63) is 59.1 Å². The summed E-state index contributed by atoms with van der Waals surface area (Å²) in [5, 5.41) is 9.94. The second-order valence-electron chi connectivity index (χ2n) is 6.00. The minimum atomic E-state index is -0.836. The van der Waals surface area contributed by atoms with E-state index in [-0.39, 0.29) is 5.91 Å². The summed E-state index contributed by atoms with van der Waals surface area (Å²) in [6.45, 7) is 0.365. The van der Waals surface area contributed by atoms with Gasteiger partial charge < -0.3 is 4.74 Å². The number of methoxy groups -OCH3 is 1. The van der Waals surface area contributed by atoms with Gasteiger partial charge in [0.05, 0.1) is 24.4 Å². The van der Waals surface area contributed by atoms with Gasteiger partial charge in [0.15, 0.2) is 12.1 Å². The fraction of sp³-hybridized carbons (Fsp3) is 0.222. The van der Waals surface area contributed by atoms with E-state index in [1.807, 2.05) is 24.3 Å². The van der Waals surface area contributed by atoms with Crippen molar-refractivity contribution in [2.75, 3.05) is 12.0 Å². The van der Waals surface area contributed by atoms with Gasteiger partial charge in [0.2, 0.25) is 0 Å². The smallest absolute Gasteiger partial charge is 0.263 e. The van der Waals surface area contributed by atoms with Gasteiger partial charge in [-0.25, -0.2) is 4.90 Å². The Labute approximate surface area is 154 Å². The number of nitrogens with zero attached hydrogens (tertiary/aromatic N) is 4. The first-order chi connectivity index (χ1) is 12.6. The number of amides is 2. The van der Waals surface area contributed by atoms with Crippen LogP contribution in [0.1, 0.15) is 5.56 Å². The number of fused-ring (bicyclic) bond motifs is 1. The Balaban J connectivity index is 1.59. The summed E-state index contributed by atoms with van der Waals surface area (Å²) in [6, 6.07) is 12.6. The lowest BCUT2D eigenvalue weighted by Gasteiger charge is -2.21. The zero-order valence-corrected chi connectivity index (χ0v) is 14.6. The molecule has 7 nitrogen and oxygen atoms in total. The van der Waals surface area contributed by atoms with E-state index in [1.54, 1.807) is 36.4 Å². The largest absolute Gasteiger partial charge is 0.497 e. The van der Waals surface area contributed by atoms with E-state index in [4.69, 9.17) is 16.3 Å². The van der Waals surface area contributed by atoms with Crippen LogP contribution in [0.3, 0.4) is 0 Å². The van der Waals surface area contributed by atoms with Crippen LogP contribution in [-0.2, 0) is 16.1 Å². The van der Waals surface area contributed by atoms with Crippen LogP contribution < -0.4 is 9.64 Å². The molecule has 2 aromatic carbocycles. The van der Waals surface area contributed by atoms with Gasteiger partial charge in [0.25, 0.3) is 11.8 Å². The maximum atomic E-state index is 12.9. The van der Waals surface area contributed by atoms with E-state index >= 15 is 0 Å². The van der Waals surface area contributed by atoms with Gasteiger partial charge in [-0.1, -0.05) is 41.1 Å². The molecule has 0 aliphatic carbocycles. The van der Waals surface area contributed by atoms with Crippen LogP contribution in [0.15, 0.2) is 58.9 Å². The number of anilines is 1. The summed E-state index contributed by atoms with van der Waals surface area (Å²) < 4.78 is 5.14. The number of rotatable bonds is 4. The molecular formula is C18H15ClN4O3. The molecule has 0 N–H and O–H groups in total. The van der Waals surface area contributed by atoms with Crippen molar-refractivity contribution in [2.45, 2.75) is 18.6 Å². The van der Waals surface area contributed by atoms with Crippen molar-refractivity contribution in [3.8, 4) is 5.75 Å². The molecule has 2 atom stereocenters. The summed E-state index contributed by atoms with van der Waals surface area (Å²) in [5.74, 6) is -0.0348. The molecule has 26 heavy (non-hydrogen) atoms. The van der Waals surface area contributed by atoms with Crippen LogP contribution in [0.2, 0.25) is 5.02 Å². The van der Waals surface area contributed by atoms with Crippen molar-refractivity contribution in [2.24, 2.45) is 10.3 Å². The zero-order valence-electron chi connectivity index (χ0n) is 13.9. The zero-order chi connectivity index (χ0) is 18.3. The third-order valence-electron chi connectivity index (χ3n) is 4.45. The second-order valence-corrected chi connectivity index (χ2v) is 6.41. The number of halogens is 1. The Morgan fingerprint density at radius 1 is 1.08 bits per heavy atom. The maximum Gasteiger partial charge on any atom is 0.263 e. The molecule has 1 fully saturated rings. The van der Waals surface area contributed by atoms with Crippen molar-refractivity contribution in [1.29, 1.82) is 0 Å². The first kappa shape index (κ1) is 16.5. The summed E-state index contributed by atoms with van der Waals surface area (Å²) in [7, 11) is 1.60. The van der Waals surface area contributed by atoms with Crippen molar-refractivity contribution < 1.29 is 14.3 Å². The predicted molar refractivity (Wildman–Crippen MR) is 94.9 cm³/mol. The molecule has 0 bridgehead atoms. The second kappa shape index (κ2) is 6.42. The van der Waals surface area contributed by atoms with Gasteiger partial charge >= 0.3 is 0 Å². The lowest BCUT2D eigenvalue weighted by Crippen LogP contribution is -2.39. The minimum Gasteiger partial charge on any atom is -0.497 e. The average molecular weight is 371 g/mol. The highest BCUT2D eigenvalue weighted by Gasteiger charge is 2.55. The number of carbonyl (C=O) groups excluding carboxylic acids is 2. The first-order valence-electron chi connectivity index (χ1n) is 8.03. The molecule has 0 radical (unpaired) electrons. The maximum absolute atomic E-state index is 12.9. The third kappa shape index (κ3) is 2.61. The third-order valence-corrected chi connectivity index (χ3v) is 4.77. The molecule has 2 aliphatic rings. The van der Waals surface area contributed by atoms with Gasteiger partial charge in [-0.15, -0.1) is 0 Å². The number of imide groups is 1. The summed E-state index contributed by atoms with van der Waals surface area (Å²) in [6.07, 6.45) is 0. The van der Waals surface area contributed by atoms with E-state index in [1.165, 1.54) is 0 Å². The van der Waals surface area contributed by atoms with Crippen molar-refractivity contribution in [3.63, 3.8) is 0 Å². The Morgan fingerprint density at radius 3 is 2.50 bits per heavy atom. The molecule has 1 saturated heterocycles. The predicted octanol–water partition coefficient (Wildman–Crippen LogP) is 2.84. The molecule has 0 unspecified atom stereocenters. The van der Waals surface area contributed by atoms with Crippen LogP contribution >= 0.6 is 11.6 Å². The molecule has 2 heterocycles. The van der Waals surface area contributed by atoms with E-state index < -0.39 is 18.0 Å². The highest BCUT2D eigenvalue weighted by atomic mass is 35.5. The number of benzene rings is 2. The molecule has 2 aromatic rings. The standard InChI is InChI=1S/C18H15ClN4O3/c1-26-12-8-6-11(7-9-12)10-22-16-15(20-21-22)17(24)23(18(16)25)14-5-3-2-4-13(14)19/h2-9,15-16H,10H2,1H3/t15-,16+/m0/s1. The van der Waals surface area contributed by atoms with Crippen molar-refractivity contribution >= 4 is 29.1 Å². The van der Waals surface area contributed by atoms with Gasteiger partial charge in [-0.3, -0.25) is 14.6 Å². The first-order valence-corrected chi connectivity index (χ1v) is 8.40. The normalized spacial score (nSPS) is 21.5. The molecule has 132 valence electrons. The Morgan fingerprint density at radius 2 is 1.81 bits per heavy atom. The molecule has 8 heteroatoms. The van der Waals surface area contributed by atoms with Crippen LogP contribution in [0.4, 0.5) is 5.69 Å². The van der Waals surface area contributed by atoms with E-state index in [0.29, 0.717) is 17.3 Å². The van der Waals surface area contributed by atoms with Gasteiger partial charge in [0.1, 0.15) is 5.75 Å². The van der Waals surface area contributed by atoms with Gasteiger partial charge in [0, 0.05) is 0 Å². The SMILES string of the molecule is COc1ccc(CN2N=N[C@@H]3C(=O)N(c4ccccc4Cl)C(=O)[C@@H]32)cc1. The highest BCUT2D eigenvalue weighted by Crippen LogP contribution is 2.35. The molecule has 0 saturated carbocycles. The molecule has 2 amide bonds. The van der Waals surface area contributed by atoms with Crippen LogP contribution in [0.5, 0.6) is 5.75 Å². The number of hydrogen-bond acceptors (Lipinski definition) is 6. The van der Waals surface area contributed by atoms with Crippen LogP contribution in [-0.4, -0.2) is 36.0 Å². The molecule has 0 spiro atoms. The highest BCUT2D eigenvalue weighted by molar-refractivity contribution is 6.36. The van der Waals surface area contributed by atoms with E-state index in [0.717, 1.165) is 16.2 Å². The summed E-state index contributed by atoms with van der Waals surface area (Å²) in [4.78, 5) is 26.7. The van der Waals surface area contributed by atoms with Crippen LogP contribution in [0, 0.1) is 0 Å². The fourth-order valence-corrected chi connectivity index (χ4v) is 3.36. The molecule has 4 rings (SSSR count). The van der Waals surface area contributed by atoms with Crippen LogP contribution in [0.25, 0.3) is 0 Å². The summed E-state index contributed by atoms with van der Waals surface area (Å²) in [5.41, 5.74) is 1.31. The quantitative estimate of drug-likeness (QED) is 0.775. The lowest BCUT2D eigenvalue weighted by atomic mass is 10.1. The monoisotopic (exact) mass is 370 g/mol. The molecule has 2 aliphatic heterocycles. The van der Waals surface area contributed by atoms with E-state index in [2.05, 4.69) is 10.3 Å². The number of carbonyl (C=O) groups is 2. The number of ether oxygens (including phenoxy) is 1. The van der Waals surface area contributed by atoms with E-state index in [9.17, 15) is 9.59 Å². The topological polar surface area (TPSA) is 74.6 Å². The summed E-state index contributed by atoms with van der Waals surface area (Å²) >= 11 is 6.16.